The van der Waals surface area contributed by atoms with Crippen LogP contribution in [0.3, 0.4) is 0 Å². The lowest BCUT2D eigenvalue weighted by Gasteiger charge is -2.20. The summed E-state index contributed by atoms with van der Waals surface area (Å²) in [5.41, 5.74) is 0.735. The monoisotopic (exact) mass is 452 g/mol. The highest BCUT2D eigenvalue weighted by Crippen LogP contribution is 2.38. The zero-order valence-corrected chi connectivity index (χ0v) is 19.0. The van der Waals surface area contributed by atoms with Gasteiger partial charge in [-0.05, 0) is 57.0 Å². The molecule has 1 aliphatic rings. The third-order valence-electron chi connectivity index (χ3n) is 4.97. The predicted octanol–water partition coefficient (Wildman–Crippen LogP) is 2.82. The fraction of sp³-hybridized carbons (Fsp3) is 0.350. The van der Waals surface area contributed by atoms with Crippen molar-refractivity contribution >= 4 is 37.3 Å². The van der Waals surface area contributed by atoms with Crippen LogP contribution in [0.25, 0.3) is 0 Å². The van der Waals surface area contributed by atoms with Crippen LogP contribution in [0.2, 0.25) is 0 Å². The minimum Gasteiger partial charge on any atom is -0.495 e. The summed E-state index contributed by atoms with van der Waals surface area (Å²) in [6, 6.07) is 9.20. The van der Waals surface area contributed by atoms with E-state index in [1.807, 2.05) is 6.07 Å². The van der Waals surface area contributed by atoms with Crippen molar-refractivity contribution in [3.8, 4) is 5.75 Å². The van der Waals surface area contributed by atoms with E-state index in [1.165, 1.54) is 33.1 Å². The molecular formula is C20H24N2O6S2. The number of carbonyl (C=O) groups is 1. The Bertz CT molecular complexity index is 1210. The second-order valence-corrected chi connectivity index (χ2v) is 11.4. The van der Waals surface area contributed by atoms with Crippen LogP contribution >= 0.6 is 0 Å². The maximum atomic E-state index is 13.2. The second kappa shape index (κ2) is 7.28. The topological polar surface area (TPSA) is 110 Å². The minimum absolute atomic E-state index is 0.0285. The van der Waals surface area contributed by atoms with Crippen molar-refractivity contribution in [1.82, 2.24) is 0 Å². The number of hydrogen-bond donors (Lipinski definition) is 1. The van der Waals surface area contributed by atoms with Crippen LogP contribution < -0.4 is 13.8 Å². The molecule has 0 unspecified atom stereocenters. The maximum Gasteiger partial charge on any atom is 0.265 e. The van der Waals surface area contributed by atoms with Crippen molar-refractivity contribution < 1.29 is 26.4 Å². The van der Waals surface area contributed by atoms with E-state index in [4.69, 9.17) is 4.74 Å². The summed E-state index contributed by atoms with van der Waals surface area (Å²) < 4.78 is 60.0. The van der Waals surface area contributed by atoms with Gasteiger partial charge in [-0.25, -0.2) is 21.1 Å². The highest BCUT2D eigenvalue weighted by molar-refractivity contribution is 7.94. The zero-order valence-electron chi connectivity index (χ0n) is 17.4. The van der Waals surface area contributed by atoms with Crippen molar-refractivity contribution in [3.63, 3.8) is 0 Å². The Balaban J connectivity index is 2.13. The van der Waals surface area contributed by atoms with E-state index in [-0.39, 0.29) is 22.1 Å². The molecule has 0 atom stereocenters. The number of rotatable bonds is 5. The van der Waals surface area contributed by atoms with E-state index < -0.39 is 31.4 Å². The number of sulfonamides is 2. The lowest BCUT2D eigenvalue weighted by Crippen LogP contribution is -2.33. The molecular weight excluding hydrogens is 428 g/mol. The van der Waals surface area contributed by atoms with Gasteiger partial charge in [-0.2, -0.15) is 0 Å². The molecule has 2 aromatic carbocycles. The van der Waals surface area contributed by atoms with E-state index in [0.29, 0.717) is 9.99 Å². The quantitative estimate of drug-likeness (QED) is 0.747. The Morgan fingerprint density at radius 2 is 1.70 bits per heavy atom. The summed E-state index contributed by atoms with van der Waals surface area (Å²) in [5.74, 6) is -0.937. The normalized spacial score (nSPS) is 17.8. The largest absolute Gasteiger partial charge is 0.495 e. The molecule has 0 saturated carbocycles. The molecule has 0 spiro atoms. The highest BCUT2D eigenvalue weighted by Gasteiger charge is 2.50. The van der Waals surface area contributed by atoms with Gasteiger partial charge in [-0.1, -0.05) is 18.2 Å². The molecule has 8 nitrogen and oxygen atoms in total. The van der Waals surface area contributed by atoms with E-state index in [9.17, 15) is 21.6 Å². The van der Waals surface area contributed by atoms with Gasteiger partial charge in [-0.15, -0.1) is 0 Å². The van der Waals surface area contributed by atoms with Crippen LogP contribution in [0.15, 0.2) is 41.3 Å². The van der Waals surface area contributed by atoms with Crippen molar-refractivity contribution in [1.29, 1.82) is 0 Å². The van der Waals surface area contributed by atoms with Crippen molar-refractivity contribution in [2.75, 3.05) is 21.9 Å². The molecule has 0 aromatic heterocycles. The fourth-order valence-electron chi connectivity index (χ4n) is 3.43. The molecule has 0 radical (unpaired) electrons. The summed E-state index contributed by atoms with van der Waals surface area (Å²) in [7, 11) is -6.75. The van der Waals surface area contributed by atoms with Crippen LogP contribution in [0.1, 0.15) is 25.0 Å². The first kappa shape index (κ1) is 22.1. The minimum atomic E-state index is -4.14. The molecule has 0 aliphatic carbocycles. The average molecular weight is 453 g/mol. The standard InChI is InChI=1S/C20H24N2O6S2/c1-13-7-6-8-14(2)18(13)21-30(26,27)17-11-15(9-10-16(17)28-5)22-19(23)20(3,4)12-29(22,24)25/h6-11,21H,12H2,1-5H3. The van der Waals surface area contributed by atoms with Crippen molar-refractivity contribution in [2.45, 2.75) is 32.6 Å². The van der Waals surface area contributed by atoms with E-state index in [1.54, 1.807) is 26.0 Å². The number of amides is 1. The summed E-state index contributed by atoms with van der Waals surface area (Å²) in [4.78, 5) is 12.4. The fourth-order valence-corrected chi connectivity index (χ4v) is 6.92. The number of ether oxygens (including phenoxy) is 1. The number of nitrogens with zero attached hydrogens (tertiary/aromatic N) is 1. The number of anilines is 2. The molecule has 1 heterocycles. The number of hydrogen-bond acceptors (Lipinski definition) is 6. The molecule has 10 heteroatoms. The molecule has 0 bridgehead atoms. The Morgan fingerprint density at radius 1 is 1.10 bits per heavy atom. The smallest absolute Gasteiger partial charge is 0.265 e. The second-order valence-electron chi connectivity index (χ2n) is 7.92. The summed E-state index contributed by atoms with van der Waals surface area (Å²) in [6.07, 6.45) is 0. The van der Waals surface area contributed by atoms with Crippen LogP contribution in [-0.4, -0.2) is 35.6 Å². The number of para-hydroxylation sites is 1. The molecule has 1 saturated heterocycles. The Morgan fingerprint density at radius 3 is 2.20 bits per heavy atom. The van der Waals surface area contributed by atoms with Gasteiger partial charge in [0.15, 0.2) is 0 Å². The van der Waals surface area contributed by atoms with Gasteiger partial charge in [0.05, 0.1) is 29.7 Å². The Labute approximate surface area is 177 Å². The molecule has 1 fully saturated rings. The van der Waals surface area contributed by atoms with Crippen LogP contribution in [0, 0.1) is 19.3 Å². The van der Waals surface area contributed by atoms with E-state index >= 15 is 0 Å². The Kier molecular flexibility index (Phi) is 5.36. The van der Waals surface area contributed by atoms with Gasteiger partial charge in [0.25, 0.3) is 10.0 Å². The lowest BCUT2D eigenvalue weighted by molar-refractivity contribution is -0.123. The third-order valence-corrected chi connectivity index (χ3v) is 8.36. The number of aryl methyl sites for hydroxylation is 2. The average Bonchev–Trinajstić information content (AvgIpc) is 2.80. The van der Waals surface area contributed by atoms with Gasteiger partial charge in [0, 0.05) is 0 Å². The molecule has 2 aromatic rings. The van der Waals surface area contributed by atoms with Gasteiger partial charge in [0.1, 0.15) is 10.6 Å². The van der Waals surface area contributed by atoms with Crippen LogP contribution in [0.5, 0.6) is 5.75 Å². The van der Waals surface area contributed by atoms with Gasteiger partial charge < -0.3 is 4.74 Å². The first-order chi connectivity index (χ1) is 13.8. The zero-order chi connectivity index (χ0) is 22.5. The van der Waals surface area contributed by atoms with Crippen LogP contribution in [-0.2, 0) is 24.8 Å². The summed E-state index contributed by atoms with van der Waals surface area (Å²) in [6.45, 7) is 6.62. The number of benzene rings is 2. The number of methoxy groups -OCH3 is 1. The maximum absolute atomic E-state index is 13.2. The van der Waals surface area contributed by atoms with Gasteiger partial charge in [-0.3, -0.25) is 9.52 Å². The van der Waals surface area contributed by atoms with Gasteiger partial charge >= 0.3 is 0 Å². The van der Waals surface area contributed by atoms with E-state index in [2.05, 4.69) is 4.72 Å². The summed E-state index contributed by atoms with van der Waals surface area (Å²) in [5, 5.41) is 0. The molecule has 3 rings (SSSR count). The first-order valence-electron chi connectivity index (χ1n) is 9.15. The van der Waals surface area contributed by atoms with Crippen molar-refractivity contribution in [2.24, 2.45) is 5.41 Å². The molecule has 1 amide bonds. The van der Waals surface area contributed by atoms with Crippen LogP contribution in [0.4, 0.5) is 11.4 Å². The highest BCUT2D eigenvalue weighted by atomic mass is 32.2. The SMILES string of the molecule is COc1ccc(N2C(=O)C(C)(C)CS2(=O)=O)cc1S(=O)(=O)Nc1c(C)cccc1C. The van der Waals surface area contributed by atoms with Gasteiger partial charge in [0.2, 0.25) is 15.9 Å². The first-order valence-corrected chi connectivity index (χ1v) is 12.2. The van der Waals surface area contributed by atoms with E-state index in [0.717, 1.165) is 17.2 Å². The number of nitrogens with one attached hydrogen (secondary N) is 1. The Hall–Kier alpha value is -2.59. The molecule has 1 N–H and O–H groups in total. The van der Waals surface area contributed by atoms with Crippen molar-refractivity contribution in [3.05, 3.63) is 47.5 Å². The summed E-state index contributed by atoms with van der Waals surface area (Å²) >= 11 is 0. The third kappa shape index (κ3) is 3.77. The molecule has 1 aliphatic heterocycles. The molecule has 162 valence electrons. The number of carbonyl (C=O) groups excluding carboxylic acids is 1. The molecule has 30 heavy (non-hydrogen) atoms. The lowest BCUT2D eigenvalue weighted by atomic mass is 9.95. The predicted molar refractivity (Wildman–Crippen MR) is 115 cm³/mol.